The van der Waals surface area contributed by atoms with Crippen molar-refractivity contribution in [2.75, 3.05) is 4.90 Å². The van der Waals surface area contributed by atoms with Gasteiger partial charge in [-0.05, 0) is 25.0 Å². The molecule has 0 aromatic heterocycles. The van der Waals surface area contributed by atoms with Crippen molar-refractivity contribution < 1.29 is 29.3 Å². The summed E-state index contributed by atoms with van der Waals surface area (Å²) in [7, 11) is 0. The summed E-state index contributed by atoms with van der Waals surface area (Å²) in [6, 6.07) is 5.50. The molecule has 0 saturated heterocycles. The summed E-state index contributed by atoms with van der Waals surface area (Å²) in [6.45, 7) is 5.10. The second-order valence-corrected chi connectivity index (χ2v) is 6.26. The van der Waals surface area contributed by atoms with E-state index >= 15 is 0 Å². The first-order valence-corrected chi connectivity index (χ1v) is 7.75. The number of carbonyl (C=O) groups is 3. The molecule has 2 rings (SSSR count). The van der Waals surface area contributed by atoms with Crippen molar-refractivity contribution in [1.82, 2.24) is 0 Å². The Bertz CT molecular complexity index is 671. The lowest BCUT2D eigenvalue weighted by atomic mass is 9.96. The highest BCUT2D eigenvalue weighted by Crippen LogP contribution is 2.35. The summed E-state index contributed by atoms with van der Waals surface area (Å²) in [4.78, 5) is 36.1. The van der Waals surface area contributed by atoms with Gasteiger partial charge in [-0.1, -0.05) is 31.5 Å². The summed E-state index contributed by atoms with van der Waals surface area (Å²) in [6.07, 6.45) is -1.91. The van der Waals surface area contributed by atoms with Gasteiger partial charge in [-0.25, -0.2) is 4.79 Å². The summed E-state index contributed by atoms with van der Waals surface area (Å²) in [5, 5.41) is 17.9. The van der Waals surface area contributed by atoms with Crippen LogP contribution in [0.3, 0.4) is 0 Å². The molecular formula is C17H21NO6. The third-order valence-electron chi connectivity index (χ3n) is 4.20. The lowest BCUT2D eigenvalue weighted by molar-refractivity contribution is -0.141. The predicted molar refractivity (Wildman–Crippen MR) is 85.8 cm³/mol. The second-order valence-electron chi connectivity index (χ2n) is 6.26. The van der Waals surface area contributed by atoms with Crippen molar-refractivity contribution in [1.29, 1.82) is 0 Å². The molecule has 1 heterocycles. The number of carboxylic acids is 1. The van der Waals surface area contributed by atoms with E-state index in [2.05, 4.69) is 0 Å². The SMILES string of the molecule is Cc1ccc2c(c1)CC(OC(=O)O)N2C(=O)[C@H](C)C[C@@H](C)C(=O)O. The molecule has 0 aliphatic carbocycles. The molecule has 1 aliphatic heterocycles. The summed E-state index contributed by atoms with van der Waals surface area (Å²) in [5.74, 6) is -2.53. The molecule has 1 amide bonds. The molecular weight excluding hydrogens is 314 g/mol. The first-order valence-electron chi connectivity index (χ1n) is 7.75. The molecule has 0 radical (unpaired) electrons. The van der Waals surface area contributed by atoms with Crippen LogP contribution >= 0.6 is 0 Å². The van der Waals surface area contributed by atoms with Gasteiger partial charge >= 0.3 is 12.1 Å². The van der Waals surface area contributed by atoms with Gasteiger partial charge in [0.2, 0.25) is 5.91 Å². The Labute approximate surface area is 139 Å². The number of nitrogens with zero attached hydrogens (tertiary/aromatic N) is 1. The average molecular weight is 335 g/mol. The Morgan fingerprint density at radius 1 is 1.25 bits per heavy atom. The van der Waals surface area contributed by atoms with Crippen molar-refractivity contribution >= 4 is 23.7 Å². The van der Waals surface area contributed by atoms with Crippen LogP contribution in [-0.4, -0.2) is 34.5 Å². The van der Waals surface area contributed by atoms with E-state index in [0.29, 0.717) is 5.69 Å². The van der Waals surface area contributed by atoms with Crippen molar-refractivity contribution in [2.45, 2.75) is 39.8 Å². The van der Waals surface area contributed by atoms with Gasteiger partial charge in [-0.15, -0.1) is 0 Å². The summed E-state index contributed by atoms with van der Waals surface area (Å²) < 4.78 is 4.88. The van der Waals surface area contributed by atoms with Crippen LogP contribution in [0.4, 0.5) is 10.5 Å². The molecule has 0 fully saturated rings. The molecule has 0 bridgehead atoms. The highest BCUT2D eigenvalue weighted by molar-refractivity contribution is 5.97. The molecule has 2 N–H and O–H groups in total. The van der Waals surface area contributed by atoms with E-state index < -0.39 is 30.2 Å². The number of aliphatic carboxylic acids is 1. The number of aryl methyl sites for hydroxylation is 1. The monoisotopic (exact) mass is 335 g/mol. The Balaban J connectivity index is 2.27. The number of benzene rings is 1. The Morgan fingerprint density at radius 2 is 1.92 bits per heavy atom. The fraction of sp³-hybridized carbons (Fsp3) is 0.471. The van der Waals surface area contributed by atoms with E-state index in [0.717, 1.165) is 11.1 Å². The number of hydrogen-bond acceptors (Lipinski definition) is 4. The lowest BCUT2D eigenvalue weighted by Gasteiger charge is -2.27. The number of fused-ring (bicyclic) bond motifs is 1. The standard InChI is InChI=1S/C17H21NO6/c1-9-4-5-13-12(6-9)8-14(24-17(22)23)18(13)15(19)10(2)7-11(3)16(20)21/h4-6,10-11,14H,7-8H2,1-3H3,(H,20,21)(H,22,23)/t10-,11-,14?/m1/s1. The maximum atomic E-state index is 12.8. The maximum absolute atomic E-state index is 12.8. The lowest BCUT2D eigenvalue weighted by Crippen LogP contribution is -2.43. The average Bonchev–Trinajstić information content (AvgIpc) is 2.81. The van der Waals surface area contributed by atoms with E-state index in [4.69, 9.17) is 14.9 Å². The molecule has 130 valence electrons. The quantitative estimate of drug-likeness (QED) is 0.802. The molecule has 1 aromatic carbocycles. The van der Waals surface area contributed by atoms with E-state index in [1.54, 1.807) is 19.9 Å². The molecule has 1 aromatic rings. The molecule has 3 atom stereocenters. The maximum Gasteiger partial charge on any atom is 0.507 e. The van der Waals surface area contributed by atoms with Gasteiger partial charge in [0.1, 0.15) is 0 Å². The number of carboxylic acid groups (broad SMARTS) is 2. The zero-order valence-electron chi connectivity index (χ0n) is 13.9. The molecule has 0 spiro atoms. The fourth-order valence-electron chi connectivity index (χ4n) is 2.99. The number of anilines is 1. The van der Waals surface area contributed by atoms with Crippen LogP contribution in [0.5, 0.6) is 0 Å². The van der Waals surface area contributed by atoms with Gasteiger partial charge in [-0.3, -0.25) is 14.5 Å². The van der Waals surface area contributed by atoms with Gasteiger partial charge in [0.05, 0.1) is 11.6 Å². The minimum atomic E-state index is -1.45. The van der Waals surface area contributed by atoms with Gasteiger partial charge in [0, 0.05) is 12.3 Å². The Morgan fingerprint density at radius 3 is 2.50 bits per heavy atom. The van der Waals surface area contributed by atoms with E-state index in [9.17, 15) is 14.4 Å². The first-order chi connectivity index (χ1) is 11.2. The van der Waals surface area contributed by atoms with Crippen molar-refractivity contribution in [3.8, 4) is 0 Å². The normalized spacial score (nSPS) is 18.6. The number of amides is 1. The zero-order valence-corrected chi connectivity index (χ0v) is 13.9. The first kappa shape index (κ1) is 17.8. The molecule has 0 saturated carbocycles. The summed E-state index contributed by atoms with van der Waals surface area (Å²) in [5.41, 5.74) is 2.46. The third-order valence-corrected chi connectivity index (χ3v) is 4.20. The smallest absolute Gasteiger partial charge is 0.481 e. The fourth-order valence-corrected chi connectivity index (χ4v) is 2.99. The minimum absolute atomic E-state index is 0.172. The number of ether oxygens (including phenoxy) is 1. The molecule has 24 heavy (non-hydrogen) atoms. The van der Waals surface area contributed by atoms with E-state index in [1.165, 1.54) is 4.90 Å². The van der Waals surface area contributed by atoms with Crippen molar-refractivity contribution in [3.05, 3.63) is 29.3 Å². The zero-order chi connectivity index (χ0) is 18.0. The van der Waals surface area contributed by atoms with Crippen LogP contribution in [0.1, 0.15) is 31.4 Å². The highest BCUT2D eigenvalue weighted by atomic mass is 16.7. The van der Waals surface area contributed by atoms with E-state index in [-0.39, 0.29) is 18.7 Å². The minimum Gasteiger partial charge on any atom is -0.481 e. The Hall–Kier alpha value is -2.57. The number of rotatable bonds is 5. The molecule has 1 unspecified atom stereocenters. The van der Waals surface area contributed by atoms with Crippen LogP contribution in [0.2, 0.25) is 0 Å². The highest BCUT2D eigenvalue weighted by Gasteiger charge is 2.38. The van der Waals surface area contributed by atoms with Gasteiger partial charge in [0.15, 0.2) is 6.23 Å². The van der Waals surface area contributed by atoms with Gasteiger partial charge in [-0.2, -0.15) is 0 Å². The number of hydrogen-bond donors (Lipinski definition) is 2. The van der Waals surface area contributed by atoms with Gasteiger partial charge in [0.25, 0.3) is 0 Å². The third kappa shape index (κ3) is 3.67. The Kier molecular flexibility index (Phi) is 5.11. The second kappa shape index (κ2) is 6.90. The molecule has 7 heteroatoms. The molecule has 1 aliphatic rings. The van der Waals surface area contributed by atoms with Gasteiger partial charge < -0.3 is 14.9 Å². The topological polar surface area (TPSA) is 104 Å². The predicted octanol–water partition coefficient (Wildman–Crippen LogP) is 2.65. The van der Waals surface area contributed by atoms with Crippen LogP contribution in [0, 0.1) is 18.8 Å². The van der Waals surface area contributed by atoms with Crippen LogP contribution in [-0.2, 0) is 20.7 Å². The van der Waals surface area contributed by atoms with Crippen LogP contribution in [0.25, 0.3) is 0 Å². The largest absolute Gasteiger partial charge is 0.507 e. The summed E-state index contributed by atoms with van der Waals surface area (Å²) >= 11 is 0. The van der Waals surface area contributed by atoms with Crippen LogP contribution < -0.4 is 4.90 Å². The van der Waals surface area contributed by atoms with Crippen LogP contribution in [0.15, 0.2) is 18.2 Å². The molecule has 7 nitrogen and oxygen atoms in total. The van der Waals surface area contributed by atoms with Crippen molar-refractivity contribution in [3.63, 3.8) is 0 Å². The van der Waals surface area contributed by atoms with Crippen molar-refractivity contribution in [2.24, 2.45) is 11.8 Å². The number of carbonyl (C=O) groups excluding carboxylic acids is 1. The van der Waals surface area contributed by atoms with E-state index in [1.807, 2.05) is 19.1 Å².